The molecule has 146 valence electrons. The number of non-ortho nitro benzene ring substituents is 1. The van der Waals surface area contributed by atoms with Crippen LogP contribution in [0, 0.1) is 10.1 Å². The molecule has 0 saturated carbocycles. The quantitative estimate of drug-likeness (QED) is 0.203. The standard InChI is InChI=1S/C18H22N4O4.HI/c1-4-26-16-10-7-14(11-17(16)25-3)21-18(19-2)20-12-13-5-8-15(9-6-13)22(23)24;/h5-11H,4,12H2,1-3H3,(H2,19,20,21);1H. The molecule has 0 radical (unpaired) electrons. The molecule has 0 atom stereocenters. The van der Waals surface area contributed by atoms with E-state index in [2.05, 4.69) is 15.6 Å². The number of halogens is 1. The highest BCUT2D eigenvalue weighted by Gasteiger charge is 2.08. The van der Waals surface area contributed by atoms with Crippen molar-refractivity contribution in [3.63, 3.8) is 0 Å². The van der Waals surface area contributed by atoms with Gasteiger partial charge in [0.15, 0.2) is 17.5 Å². The number of nitrogens with one attached hydrogen (secondary N) is 2. The normalized spacial score (nSPS) is 10.6. The molecule has 0 spiro atoms. The molecule has 27 heavy (non-hydrogen) atoms. The second-order valence-corrected chi connectivity index (χ2v) is 5.27. The number of hydrogen-bond acceptors (Lipinski definition) is 5. The number of nitro groups is 1. The summed E-state index contributed by atoms with van der Waals surface area (Å²) in [5.41, 5.74) is 1.77. The van der Waals surface area contributed by atoms with E-state index >= 15 is 0 Å². The summed E-state index contributed by atoms with van der Waals surface area (Å²) < 4.78 is 10.8. The van der Waals surface area contributed by atoms with Crippen LogP contribution in [-0.2, 0) is 6.54 Å². The first-order valence-corrected chi connectivity index (χ1v) is 8.09. The molecule has 0 saturated heterocycles. The van der Waals surface area contributed by atoms with Crippen molar-refractivity contribution in [2.75, 3.05) is 26.1 Å². The fourth-order valence-corrected chi connectivity index (χ4v) is 2.26. The van der Waals surface area contributed by atoms with Gasteiger partial charge in [-0.1, -0.05) is 12.1 Å². The van der Waals surface area contributed by atoms with Gasteiger partial charge >= 0.3 is 0 Å². The zero-order chi connectivity index (χ0) is 18.9. The second kappa shape index (κ2) is 11.2. The summed E-state index contributed by atoms with van der Waals surface area (Å²) in [6.07, 6.45) is 0. The Morgan fingerprint density at radius 3 is 2.44 bits per heavy atom. The molecule has 0 aromatic heterocycles. The van der Waals surface area contributed by atoms with Gasteiger partial charge in [0, 0.05) is 37.5 Å². The van der Waals surface area contributed by atoms with Crippen LogP contribution in [-0.4, -0.2) is 31.6 Å². The third-order valence-corrected chi connectivity index (χ3v) is 3.56. The predicted octanol–water partition coefficient (Wildman–Crippen LogP) is 3.81. The van der Waals surface area contributed by atoms with Crippen LogP contribution in [0.3, 0.4) is 0 Å². The predicted molar refractivity (Wildman–Crippen MR) is 116 cm³/mol. The summed E-state index contributed by atoms with van der Waals surface area (Å²) >= 11 is 0. The SMILES string of the molecule is CCOc1ccc(NC(=NC)NCc2ccc([N+](=O)[O-])cc2)cc1OC.I. The first kappa shape index (κ1) is 22.5. The zero-order valence-corrected chi connectivity index (χ0v) is 17.7. The summed E-state index contributed by atoms with van der Waals surface area (Å²) in [6, 6.07) is 11.9. The minimum Gasteiger partial charge on any atom is -0.493 e. The Labute approximate surface area is 175 Å². The average molecular weight is 486 g/mol. The molecule has 0 heterocycles. The molecule has 0 aliphatic heterocycles. The molecule has 0 aliphatic rings. The van der Waals surface area contributed by atoms with Crippen molar-refractivity contribution in [2.24, 2.45) is 4.99 Å². The van der Waals surface area contributed by atoms with Gasteiger partial charge in [-0.15, -0.1) is 24.0 Å². The lowest BCUT2D eigenvalue weighted by Gasteiger charge is -2.14. The lowest BCUT2D eigenvalue weighted by atomic mass is 10.2. The highest BCUT2D eigenvalue weighted by molar-refractivity contribution is 14.0. The number of benzene rings is 2. The summed E-state index contributed by atoms with van der Waals surface area (Å²) in [5, 5.41) is 17.0. The minimum atomic E-state index is -0.420. The number of guanidine groups is 1. The van der Waals surface area contributed by atoms with Crippen molar-refractivity contribution in [3.8, 4) is 11.5 Å². The van der Waals surface area contributed by atoms with Crippen LogP contribution in [0.15, 0.2) is 47.5 Å². The summed E-state index contributed by atoms with van der Waals surface area (Å²) in [6.45, 7) is 2.95. The van der Waals surface area contributed by atoms with Crippen molar-refractivity contribution in [3.05, 3.63) is 58.1 Å². The number of rotatable bonds is 7. The number of hydrogen-bond donors (Lipinski definition) is 2. The maximum atomic E-state index is 10.7. The van der Waals surface area contributed by atoms with Crippen molar-refractivity contribution < 1.29 is 14.4 Å². The van der Waals surface area contributed by atoms with E-state index in [-0.39, 0.29) is 29.7 Å². The molecular formula is C18H23IN4O4. The van der Waals surface area contributed by atoms with Gasteiger partial charge in [0.2, 0.25) is 0 Å². The maximum Gasteiger partial charge on any atom is 0.269 e. The van der Waals surface area contributed by atoms with Crippen molar-refractivity contribution >= 4 is 41.3 Å². The van der Waals surface area contributed by atoms with E-state index < -0.39 is 4.92 Å². The van der Waals surface area contributed by atoms with Gasteiger partial charge in [-0.25, -0.2) is 0 Å². The van der Waals surface area contributed by atoms with Crippen LogP contribution in [0.1, 0.15) is 12.5 Å². The van der Waals surface area contributed by atoms with Crippen molar-refractivity contribution in [1.29, 1.82) is 0 Å². The molecule has 0 amide bonds. The number of nitrogens with zero attached hydrogens (tertiary/aromatic N) is 2. The first-order valence-electron chi connectivity index (χ1n) is 8.09. The van der Waals surface area contributed by atoms with E-state index in [0.29, 0.717) is 30.6 Å². The van der Waals surface area contributed by atoms with Gasteiger partial charge in [0.25, 0.3) is 5.69 Å². The van der Waals surface area contributed by atoms with Crippen LogP contribution >= 0.6 is 24.0 Å². The fraction of sp³-hybridized carbons (Fsp3) is 0.278. The summed E-state index contributed by atoms with van der Waals surface area (Å²) in [4.78, 5) is 14.4. The van der Waals surface area contributed by atoms with Gasteiger partial charge in [0.1, 0.15) is 0 Å². The number of ether oxygens (including phenoxy) is 2. The number of aliphatic imine (C=N–C) groups is 1. The minimum absolute atomic E-state index is 0. The van der Waals surface area contributed by atoms with Crippen LogP contribution in [0.5, 0.6) is 11.5 Å². The largest absolute Gasteiger partial charge is 0.493 e. The second-order valence-electron chi connectivity index (χ2n) is 5.27. The molecule has 0 fully saturated rings. The van der Waals surface area contributed by atoms with E-state index in [1.54, 1.807) is 26.3 Å². The third kappa shape index (κ3) is 6.59. The molecule has 2 rings (SSSR count). The lowest BCUT2D eigenvalue weighted by molar-refractivity contribution is -0.384. The molecule has 2 N–H and O–H groups in total. The summed E-state index contributed by atoms with van der Waals surface area (Å²) in [7, 11) is 3.25. The number of nitro benzene ring substituents is 1. The Morgan fingerprint density at radius 1 is 1.19 bits per heavy atom. The lowest BCUT2D eigenvalue weighted by Crippen LogP contribution is -2.30. The molecule has 0 aliphatic carbocycles. The van der Waals surface area contributed by atoms with Crippen LogP contribution in [0.25, 0.3) is 0 Å². The number of anilines is 1. The first-order chi connectivity index (χ1) is 12.6. The summed E-state index contributed by atoms with van der Waals surface area (Å²) in [5.74, 6) is 1.87. The van der Waals surface area contributed by atoms with E-state index in [0.717, 1.165) is 11.3 Å². The number of methoxy groups -OCH3 is 1. The molecule has 0 unspecified atom stereocenters. The monoisotopic (exact) mass is 486 g/mol. The van der Waals surface area contributed by atoms with Crippen molar-refractivity contribution in [2.45, 2.75) is 13.5 Å². The van der Waals surface area contributed by atoms with Crippen molar-refractivity contribution in [1.82, 2.24) is 5.32 Å². The molecule has 2 aromatic carbocycles. The van der Waals surface area contributed by atoms with Gasteiger partial charge < -0.3 is 20.1 Å². The zero-order valence-electron chi connectivity index (χ0n) is 15.4. The average Bonchev–Trinajstić information content (AvgIpc) is 2.66. The topological polar surface area (TPSA) is 98.0 Å². The van der Waals surface area contributed by atoms with Gasteiger partial charge in [-0.2, -0.15) is 0 Å². The highest BCUT2D eigenvalue weighted by Crippen LogP contribution is 2.30. The molecule has 8 nitrogen and oxygen atoms in total. The Hall–Kier alpha value is -2.56. The van der Waals surface area contributed by atoms with E-state index in [9.17, 15) is 10.1 Å². The maximum absolute atomic E-state index is 10.7. The smallest absolute Gasteiger partial charge is 0.269 e. The van der Waals surface area contributed by atoms with Gasteiger partial charge in [-0.3, -0.25) is 15.1 Å². The van der Waals surface area contributed by atoms with E-state index in [1.807, 2.05) is 25.1 Å². The van der Waals surface area contributed by atoms with E-state index in [4.69, 9.17) is 9.47 Å². The Balaban J connectivity index is 0.00000364. The van der Waals surface area contributed by atoms with E-state index in [1.165, 1.54) is 12.1 Å². The Bertz CT molecular complexity index is 781. The van der Waals surface area contributed by atoms with Crippen LogP contribution in [0.4, 0.5) is 11.4 Å². The molecular weight excluding hydrogens is 463 g/mol. The Kier molecular flexibility index (Phi) is 9.34. The molecule has 9 heteroatoms. The van der Waals surface area contributed by atoms with Crippen LogP contribution in [0.2, 0.25) is 0 Å². The fourth-order valence-electron chi connectivity index (χ4n) is 2.26. The molecule has 0 bridgehead atoms. The van der Waals surface area contributed by atoms with Gasteiger partial charge in [0.05, 0.1) is 18.6 Å². The Morgan fingerprint density at radius 2 is 1.89 bits per heavy atom. The third-order valence-electron chi connectivity index (χ3n) is 3.56. The highest BCUT2D eigenvalue weighted by atomic mass is 127. The van der Waals surface area contributed by atoms with Gasteiger partial charge in [-0.05, 0) is 24.6 Å². The molecule has 2 aromatic rings. The van der Waals surface area contributed by atoms with Crippen LogP contribution < -0.4 is 20.1 Å².